The van der Waals surface area contributed by atoms with Crippen molar-refractivity contribution < 1.29 is 139 Å². The molecule has 1 amide bonds. The molecule has 0 radical (unpaired) electrons. The molecule has 0 bridgehead atoms. The molecule has 1 unspecified atom stereocenters. The van der Waals surface area contributed by atoms with E-state index in [9.17, 15) is 101 Å². The molecule has 3 saturated heterocycles. The van der Waals surface area contributed by atoms with Crippen LogP contribution < -0.4 is 5.32 Å². The number of ether oxygens (including phenoxy) is 6. The Bertz CT molecular complexity index is 2050. The van der Waals surface area contributed by atoms with Crippen LogP contribution >= 0.6 is 7.82 Å². The largest absolute Gasteiger partial charge is 0.472 e. The second-order valence-corrected chi connectivity index (χ2v) is 28.5. The first-order chi connectivity index (χ1) is 46.0. The summed E-state index contributed by atoms with van der Waals surface area (Å²) in [6.45, 7) is 0.248. The lowest BCUT2D eigenvalue weighted by Gasteiger charge is -2.50. The number of hydrogen-bond acceptors (Lipinski definition) is 27. The monoisotopic (exact) mass is 1410 g/mol. The smallest absolute Gasteiger partial charge is 0.394 e. The third kappa shape index (κ3) is 29.1. The van der Waals surface area contributed by atoms with Gasteiger partial charge in [0.2, 0.25) is 5.91 Å². The van der Waals surface area contributed by atoms with Crippen LogP contribution in [0.4, 0.5) is 0 Å². The van der Waals surface area contributed by atoms with Gasteiger partial charge in [0, 0.05) is 0 Å². The zero-order valence-electron chi connectivity index (χ0n) is 56.9. The summed E-state index contributed by atoms with van der Waals surface area (Å²) in [5, 5.41) is 187. The van der Waals surface area contributed by atoms with E-state index in [0.29, 0.717) is 19.3 Å². The molecule has 0 aromatic heterocycles. The van der Waals surface area contributed by atoms with Crippen molar-refractivity contribution in [3.05, 3.63) is 0 Å². The molecule has 1 aliphatic carbocycles. The van der Waals surface area contributed by atoms with Crippen LogP contribution in [0.3, 0.4) is 0 Å². The van der Waals surface area contributed by atoms with E-state index in [-0.39, 0.29) is 12.8 Å². The highest BCUT2D eigenvalue weighted by Crippen LogP contribution is 2.48. The third-order valence-corrected chi connectivity index (χ3v) is 20.2. The molecule has 4 fully saturated rings. The molecule has 4 aliphatic rings. The quantitative estimate of drug-likeness (QED) is 0.0304. The van der Waals surface area contributed by atoms with Crippen LogP contribution in [0.1, 0.15) is 232 Å². The summed E-state index contributed by atoms with van der Waals surface area (Å²) in [6.07, 6.45) is -13.9. The molecule has 26 atom stereocenters. The Kier molecular flexibility index (Phi) is 43.4. The summed E-state index contributed by atoms with van der Waals surface area (Å²) < 4.78 is 59.1. The molecule has 1 saturated carbocycles. The first kappa shape index (κ1) is 87.1. The van der Waals surface area contributed by atoms with Gasteiger partial charge in [0.05, 0.1) is 38.6 Å². The van der Waals surface area contributed by atoms with Gasteiger partial charge >= 0.3 is 7.82 Å². The lowest BCUT2D eigenvalue weighted by molar-refractivity contribution is -0.395. The van der Waals surface area contributed by atoms with Gasteiger partial charge in [-0.2, -0.15) is 0 Å². The van der Waals surface area contributed by atoms with Crippen LogP contribution in [0.25, 0.3) is 0 Å². The zero-order chi connectivity index (χ0) is 70.7. The lowest BCUT2D eigenvalue weighted by Crippen LogP contribution is -2.69. The average Bonchev–Trinajstić information content (AvgIpc) is 0.768. The van der Waals surface area contributed by atoms with Crippen molar-refractivity contribution >= 4 is 13.7 Å². The number of nitrogens with one attached hydrogen (secondary N) is 1. The SMILES string of the molecule is CCCCCCCCCCCCCCCCCCCCCC[C@@H](O)C(=O)N[C@@H](COP(=O)(O)O[C@@H]1[C@H](O)[C@H](O)[C@@H](O)[C@H](O)[C@H]1O[C@H]1O[C@H](CO)[C@@H](O[C@H]2O[C@H](CO)[C@H](O)[C@H](O)[C@H]2O)[C@H](O[C@H]2O[C@H](CO)[C@@H](O)[C@H](O)[C@@H]2O)[C@@H]1O)[C@H](O)[C@H](O)CCCCCCCCCCCCCC. The van der Waals surface area contributed by atoms with Gasteiger partial charge < -0.3 is 125 Å². The zero-order valence-corrected chi connectivity index (χ0v) is 57.8. The summed E-state index contributed by atoms with van der Waals surface area (Å²) >= 11 is 0. The van der Waals surface area contributed by atoms with E-state index in [0.717, 1.165) is 64.2 Å². The number of rotatable bonds is 52. The number of hydrogen-bond donors (Lipinski definition) is 19. The molecule has 30 heteroatoms. The molecule has 96 heavy (non-hydrogen) atoms. The molecule has 29 nitrogen and oxygen atoms in total. The first-order valence-electron chi connectivity index (χ1n) is 36.2. The summed E-state index contributed by atoms with van der Waals surface area (Å²) in [6, 6.07) is -1.71. The summed E-state index contributed by atoms with van der Waals surface area (Å²) in [5.74, 6) is -0.995. The highest BCUT2D eigenvalue weighted by Gasteiger charge is 2.58. The fraction of sp³-hybridized carbons (Fsp3) is 0.985. The van der Waals surface area contributed by atoms with E-state index in [1.54, 1.807) is 0 Å². The first-order valence-corrected chi connectivity index (χ1v) is 37.7. The summed E-state index contributed by atoms with van der Waals surface area (Å²) in [7, 11) is -5.74. The van der Waals surface area contributed by atoms with E-state index in [4.69, 9.17) is 37.5 Å². The number of phosphoric ester groups is 1. The highest BCUT2D eigenvalue weighted by atomic mass is 31.2. The average molecular weight is 1410 g/mol. The van der Waals surface area contributed by atoms with Crippen molar-refractivity contribution in [2.75, 3.05) is 26.4 Å². The van der Waals surface area contributed by atoms with Crippen LogP contribution in [-0.4, -0.2) is 277 Å². The second kappa shape index (κ2) is 47.8. The Morgan fingerprint density at radius 1 is 0.396 bits per heavy atom. The molecule has 3 aliphatic heterocycles. The topological polar surface area (TPSA) is 484 Å². The Balaban J connectivity index is 1.43. The summed E-state index contributed by atoms with van der Waals surface area (Å²) in [4.78, 5) is 25.0. The molecular formula is C66H126NO28P. The number of unbranched alkanes of at least 4 members (excludes halogenated alkanes) is 30. The van der Waals surface area contributed by atoms with Crippen LogP contribution in [0.5, 0.6) is 0 Å². The normalized spacial score (nSPS) is 33.9. The molecule has 19 N–H and O–H groups in total. The van der Waals surface area contributed by atoms with Gasteiger partial charge in [0.1, 0.15) is 122 Å². The fourth-order valence-corrected chi connectivity index (χ4v) is 13.9. The number of aliphatic hydroxyl groups is 17. The molecule has 0 aromatic rings. The van der Waals surface area contributed by atoms with Crippen molar-refractivity contribution in [3.8, 4) is 0 Å². The number of aliphatic hydroxyl groups excluding tert-OH is 17. The molecule has 3 heterocycles. The van der Waals surface area contributed by atoms with E-state index in [1.807, 2.05) is 0 Å². The molecule has 4 rings (SSSR count). The minimum Gasteiger partial charge on any atom is -0.394 e. The van der Waals surface area contributed by atoms with Crippen molar-refractivity contribution in [2.45, 2.75) is 385 Å². The predicted molar refractivity (Wildman–Crippen MR) is 347 cm³/mol. The standard InChI is InChI=1S/C66H126NO28P/c1-3-5-7-9-11-13-15-17-18-19-20-21-22-23-24-26-28-30-32-34-36-43(72)63(85)67-41(47(73)42(71)35-33-31-29-27-25-16-14-12-10-8-6-4-2)40-88-96(86,87)95-62-55(81)53(79)52(78)54(80)60(62)93-66-58(84)61(94-65-57(83)51(77)49(75)45(38-69)90-65)59(46(39-70)91-66)92-64-56(82)50(76)48(74)44(37-68)89-64/h41-62,64-66,68-84H,3-40H2,1-2H3,(H,67,85)(H,86,87)/t41-,42+,43+,44+,45+,46+,47-,48-,49+,50-,51-,52+,53+,54-,55+,56+,57-,58-,59+,60+,61+,62+,64+,65+,66+/m0/s1. The summed E-state index contributed by atoms with van der Waals surface area (Å²) in [5.41, 5.74) is 0. The van der Waals surface area contributed by atoms with Gasteiger partial charge in [0.15, 0.2) is 18.9 Å². The molecular weight excluding hydrogens is 1290 g/mol. The number of amides is 1. The Labute approximate surface area is 567 Å². The van der Waals surface area contributed by atoms with E-state index in [1.165, 1.54) is 122 Å². The maximum atomic E-state index is 14.1. The molecule has 0 spiro atoms. The maximum Gasteiger partial charge on any atom is 0.472 e. The minimum atomic E-state index is -5.74. The van der Waals surface area contributed by atoms with Crippen LogP contribution in [-0.2, 0) is 46.8 Å². The number of carbonyl (C=O) groups excluding carboxylic acids is 1. The van der Waals surface area contributed by atoms with E-state index >= 15 is 0 Å². The van der Waals surface area contributed by atoms with Crippen LogP contribution in [0.15, 0.2) is 0 Å². The van der Waals surface area contributed by atoms with Gasteiger partial charge in [-0.1, -0.05) is 219 Å². The van der Waals surface area contributed by atoms with Gasteiger partial charge in [-0.05, 0) is 12.8 Å². The van der Waals surface area contributed by atoms with Crippen LogP contribution in [0, 0.1) is 0 Å². The van der Waals surface area contributed by atoms with Gasteiger partial charge in [-0.15, -0.1) is 0 Å². The van der Waals surface area contributed by atoms with Crippen molar-refractivity contribution in [3.63, 3.8) is 0 Å². The van der Waals surface area contributed by atoms with Gasteiger partial charge in [0.25, 0.3) is 0 Å². The van der Waals surface area contributed by atoms with Crippen LogP contribution in [0.2, 0.25) is 0 Å². The number of phosphoric acid groups is 1. The Morgan fingerprint density at radius 3 is 1.09 bits per heavy atom. The Hall–Kier alpha value is -1.34. The maximum absolute atomic E-state index is 14.1. The predicted octanol–water partition coefficient (Wildman–Crippen LogP) is 1.65. The van der Waals surface area contributed by atoms with Gasteiger partial charge in [-0.25, -0.2) is 4.57 Å². The lowest BCUT2D eigenvalue weighted by atomic mass is 9.84. The van der Waals surface area contributed by atoms with E-state index in [2.05, 4.69) is 19.2 Å². The van der Waals surface area contributed by atoms with Crippen molar-refractivity contribution in [2.24, 2.45) is 0 Å². The van der Waals surface area contributed by atoms with Crippen molar-refractivity contribution in [1.82, 2.24) is 5.32 Å². The van der Waals surface area contributed by atoms with Crippen molar-refractivity contribution in [1.29, 1.82) is 0 Å². The van der Waals surface area contributed by atoms with E-state index < -0.39 is 193 Å². The minimum absolute atomic E-state index is 0.0277. The van der Waals surface area contributed by atoms with Gasteiger partial charge in [-0.3, -0.25) is 13.8 Å². The molecule has 0 aromatic carbocycles. The Morgan fingerprint density at radius 2 is 0.708 bits per heavy atom. The number of carbonyl (C=O) groups is 1. The fourth-order valence-electron chi connectivity index (χ4n) is 13.0. The molecule has 568 valence electrons. The highest BCUT2D eigenvalue weighted by molar-refractivity contribution is 7.47. The second-order valence-electron chi connectivity index (χ2n) is 27.1. The third-order valence-electron chi connectivity index (χ3n) is 19.2.